The molecular weight excluding hydrogens is 300 g/mol. The van der Waals surface area contributed by atoms with E-state index < -0.39 is 17.6 Å². The zero-order chi connectivity index (χ0) is 16.6. The number of aryl methyl sites for hydroxylation is 1. The van der Waals surface area contributed by atoms with Gasteiger partial charge in [0.2, 0.25) is 0 Å². The summed E-state index contributed by atoms with van der Waals surface area (Å²) in [4.78, 5) is 16.0. The molecule has 3 rings (SSSR count). The van der Waals surface area contributed by atoms with Crippen molar-refractivity contribution in [3.63, 3.8) is 0 Å². The van der Waals surface area contributed by atoms with Gasteiger partial charge in [-0.05, 0) is 42.8 Å². The second-order valence-corrected chi connectivity index (χ2v) is 5.14. The molecule has 0 fully saturated rings. The summed E-state index contributed by atoms with van der Waals surface area (Å²) in [5.41, 5.74) is 1.71. The van der Waals surface area contributed by atoms with Gasteiger partial charge >= 0.3 is 5.97 Å². The van der Waals surface area contributed by atoms with Crippen molar-refractivity contribution in [2.45, 2.75) is 6.92 Å². The van der Waals surface area contributed by atoms with E-state index in [9.17, 15) is 13.6 Å². The zero-order valence-electron chi connectivity index (χ0n) is 12.6. The molecule has 1 heterocycles. The average molecular weight is 313 g/mol. The van der Waals surface area contributed by atoms with Crippen LogP contribution >= 0.6 is 0 Å². The summed E-state index contributed by atoms with van der Waals surface area (Å²) < 4.78 is 33.1. The van der Waals surface area contributed by atoms with Crippen molar-refractivity contribution >= 4 is 16.9 Å². The Labute approximate surface area is 131 Å². The van der Waals surface area contributed by atoms with E-state index in [-0.39, 0.29) is 5.56 Å². The number of aromatic nitrogens is 1. The number of halogens is 2. The minimum Gasteiger partial charge on any atom is -0.465 e. The van der Waals surface area contributed by atoms with Gasteiger partial charge in [0.05, 0.1) is 23.8 Å². The Morgan fingerprint density at radius 2 is 1.78 bits per heavy atom. The molecule has 0 N–H and O–H groups in total. The molecule has 2 aromatic carbocycles. The highest BCUT2D eigenvalue weighted by Crippen LogP contribution is 2.34. The number of ether oxygens (including phenoxy) is 1. The first-order valence-electron chi connectivity index (χ1n) is 6.95. The van der Waals surface area contributed by atoms with Crippen LogP contribution in [0.5, 0.6) is 0 Å². The second-order valence-electron chi connectivity index (χ2n) is 5.14. The van der Waals surface area contributed by atoms with E-state index in [1.54, 1.807) is 31.3 Å². The van der Waals surface area contributed by atoms with Crippen molar-refractivity contribution in [1.29, 1.82) is 0 Å². The van der Waals surface area contributed by atoms with Gasteiger partial charge in [0.1, 0.15) is 11.6 Å². The lowest BCUT2D eigenvalue weighted by molar-refractivity contribution is 0.0601. The van der Waals surface area contributed by atoms with Gasteiger partial charge < -0.3 is 4.74 Å². The third-order valence-corrected chi connectivity index (χ3v) is 3.69. The van der Waals surface area contributed by atoms with Gasteiger partial charge in [0.25, 0.3) is 0 Å². The molecule has 0 aliphatic carbocycles. The molecule has 0 amide bonds. The summed E-state index contributed by atoms with van der Waals surface area (Å²) in [5, 5.41) is 0.497. The van der Waals surface area contributed by atoms with E-state index in [0.29, 0.717) is 27.6 Å². The van der Waals surface area contributed by atoms with Crippen molar-refractivity contribution in [2.24, 2.45) is 0 Å². The van der Waals surface area contributed by atoms with E-state index in [0.717, 1.165) is 0 Å². The lowest BCUT2D eigenvalue weighted by Gasteiger charge is -2.12. The fraction of sp³-hybridized carbons (Fsp3) is 0.111. The molecule has 0 radical (unpaired) electrons. The van der Waals surface area contributed by atoms with Gasteiger partial charge in [-0.3, -0.25) is 4.98 Å². The minimum atomic E-state index is -0.663. The van der Waals surface area contributed by atoms with Crippen LogP contribution in [0.2, 0.25) is 0 Å². The minimum absolute atomic E-state index is 0.126. The molecule has 5 heteroatoms. The Hall–Kier alpha value is -2.82. The molecule has 0 saturated carbocycles. The molecule has 0 bridgehead atoms. The van der Waals surface area contributed by atoms with Crippen LogP contribution in [0, 0.1) is 18.6 Å². The SMILES string of the molecule is COC(=O)c1ccc2ncc(C)c(-c3c(F)cccc3F)c2c1. The topological polar surface area (TPSA) is 39.2 Å². The predicted octanol–water partition coefficient (Wildman–Crippen LogP) is 4.28. The van der Waals surface area contributed by atoms with Crippen molar-refractivity contribution in [3.8, 4) is 11.1 Å². The summed E-state index contributed by atoms with van der Waals surface area (Å²) in [6, 6.07) is 8.46. The standard InChI is InChI=1S/C18H13F2NO2/c1-10-9-21-15-7-6-11(18(22)23-2)8-12(15)16(10)17-13(19)4-3-5-14(17)20/h3-9H,1-2H3. The number of methoxy groups -OCH3 is 1. The molecule has 0 atom stereocenters. The summed E-state index contributed by atoms with van der Waals surface area (Å²) in [5.74, 6) is -1.85. The zero-order valence-corrected chi connectivity index (χ0v) is 12.6. The quantitative estimate of drug-likeness (QED) is 0.663. The Kier molecular flexibility index (Phi) is 3.78. The van der Waals surface area contributed by atoms with Crippen LogP contribution in [0.25, 0.3) is 22.0 Å². The fourth-order valence-corrected chi connectivity index (χ4v) is 2.61. The number of rotatable bonds is 2. The first-order chi connectivity index (χ1) is 11.0. The number of hydrogen-bond acceptors (Lipinski definition) is 3. The second kappa shape index (κ2) is 5.76. The van der Waals surface area contributed by atoms with Gasteiger partial charge in [-0.25, -0.2) is 13.6 Å². The summed E-state index contributed by atoms with van der Waals surface area (Å²) in [7, 11) is 1.28. The average Bonchev–Trinajstić information content (AvgIpc) is 2.55. The number of pyridine rings is 1. The lowest BCUT2D eigenvalue weighted by Crippen LogP contribution is -2.02. The number of carbonyl (C=O) groups excluding carboxylic acids is 1. The number of esters is 1. The van der Waals surface area contributed by atoms with Crippen molar-refractivity contribution in [3.05, 3.63) is 65.4 Å². The normalized spacial score (nSPS) is 10.8. The van der Waals surface area contributed by atoms with E-state index in [4.69, 9.17) is 4.74 Å². The Morgan fingerprint density at radius 1 is 1.09 bits per heavy atom. The molecule has 0 aliphatic heterocycles. The lowest BCUT2D eigenvalue weighted by atomic mass is 9.95. The maximum atomic E-state index is 14.2. The summed E-state index contributed by atoms with van der Waals surface area (Å²) in [6.45, 7) is 1.72. The maximum Gasteiger partial charge on any atom is 0.337 e. The van der Waals surface area contributed by atoms with Crippen LogP contribution in [0.1, 0.15) is 15.9 Å². The molecule has 3 aromatic rings. The highest BCUT2D eigenvalue weighted by molar-refractivity contribution is 6.01. The molecule has 0 spiro atoms. The van der Waals surface area contributed by atoms with Gasteiger partial charge in [0, 0.05) is 17.1 Å². The maximum absolute atomic E-state index is 14.2. The molecule has 0 saturated heterocycles. The van der Waals surface area contributed by atoms with Crippen molar-refractivity contribution < 1.29 is 18.3 Å². The van der Waals surface area contributed by atoms with Gasteiger partial charge in [-0.15, -0.1) is 0 Å². The van der Waals surface area contributed by atoms with Crippen molar-refractivity contribution in [1.82, 2.24) is 4.98 Å². The van der Waals surface area contributed by atoms with Gasteiger partial charge in [-0.2, -0.15) is 0 Å². The van der Waals surface area contributed by atoms with E-state index >= 15 is 0 Å². The molecule has 116 valence electrons. The van der Waals surface area contributed by atoms with Crippen LogP contribution in [0.3, 0.4) is 0 Å². The Balaban J connectivity index is 2.39. The van der Waals surface area contributed by atoms with Crippen LogP contribution in [-0.2, 0) is 4.74 Å². The van der Waals surface area contributed by atoms with Crippen LogP contribution in [0.4, 0.5) is 8.78 Å². The fourth-order valence-electron chi connectivity index (χ4n) is 2.61. The first kappa shape index (κ1) is 15.1. The highest BCUT2D eigenvalue weighted by atomic mass is 19.1. The van der Waals surface area contributed by atoms with E-state index in [1.165, 1.54) is 25.3 Å². The first-order valence-corrected chi connectivity index (χ1v) is 6.95. The molecular formula is C18H13F2NO2. The van der Waals surface area contributed by atoms with Gasteiger partial charge in [-0.1, -0.05) is 6.07 Å². The summed E-state index contributed by atoms with van der Waals surface area (Å²) in [6.07, 6.45) is 1.56. The van der Waals surface area contributed by atoms with E-state index in [2.05, 4.69) is 4.98 Å². The van der Waals surface area contributed by atoms with Gasteiger partial charge in [0.15, 0.2) is 0 Å². The number of benzene rings is 2. The highest BCUT2D eigenvalue weighted by Gasteiger charge is 2.18. The van der Waals surface area contributed by atoms with Crippen LogP contribution in [0.15, 0.2) is 42.6 Å². The Bertz CT molecular complexity index is 902. The Morgan fingerprint density at radius 3 is 2.43 bits per heavy atom. The molecule has 3 nitrogen and oxygen atoms in total. The predicted molar refractivity (Wildman–Crippen MR) is 83.2 cm³/mol. The number of carbonyl (C=O) groups is 1. The largest absolute Gasteiger partial charge is 0.465 e. The van der Waals surface area contributed by atoms with Crippen molar-refractivity contribution in [2.75, 3.05) is 7.11 Å². The smallest absolute Gasteiger partial charge is 0.337 e. The van der Waals surface area contributed by atoms with Crippen LogP contribution in [-0.4, -0.2) is 18.1 Å². The summed E-state index contributed by atoms with van der Waals surface area (Å²) >= 11 is 0. The molecule has 0 unspecified atom stereocenters. The number of fused-ring (bicyclic) bond motifs is 1. The molecule has 0 aliphatic rings. The van der Waals surface area contributed by atoms with Crippen LogP contribution < -0.4 is 0 Å². The third-order valence-electron chi connectivity index (χ3n) is 3.69. The molecule has 1 aromatic heterocycles. The number of nitrogens with zero attached hydrogens (tertiary/aromatic N) is 1. The third kappa shape index (κ3) is 2.54. The molecule has 23 heavy (non-hydrogen) atoms. The monoisotopic (exact) mass is 313 g/mol. The number of hydrogen-bond donors (Lipinski definition) is 0. The van der Waals surface area contributed by atoms with E-state index in [1.807, 2.05) is 0 Å².